The van der Waals surface area contributed by atoms with Crippen LogP contribution in [0.15, 0.2) is 40.9 Å². The van der Waals surface area contributed by atoms with Crippen LogP contribution in [0.2, 0.25) is 0 Å². The van der Waals surface area contributed by atoms with E-state index in [2.05, 4.69) is 30.1 Å². The molecule has 0 aromatic heterocycles. The molecule has 0 unspecified atom stereocenters. The van der Waals surface area contributed by atoms with Crippen molar-refractivity contribution in [3.05, 3.63) is 46.5 Å². The van der Waals surface area contributed by atoms with E-state index in [1.54, 1.807) is 0 Å². The Morgan fingerprint density at radius 1 is 1.33 bits per heavy atom. The largest absolute Gasteiger partial charge is 0.391 e. The number of aliphatic hydroxyl groups is 1. The van der Waals surface area contributed by atoms with Gasteiger partial charge in [-0.2, -0.15) is 0 Å². The van der Waals surface area contributed by atoms with E-state index < -0.39 is 0 Å². The van der Waals surface area contributed by atoms with Gasteiger partial charge in [0.2, 0.25) is 0 Å². The van der Waals surface area contributed by atoms with E-state index in [1.165, 1.54) is 5.56 Å². The molecule has 0 aliphatic heterocycles. The lowest BCUT2D eigenvalue weighted by Crippen LogP contribution is -2.10. The van der Waals surface area contributed by atoms with E-state index in [9.17, 15) is 0 Å². The van der Waals surface area contributed by atoms with Gasteiger partial charge in [-0.25, -0.2) is 0 Å². The number of hydrogen-bond acceptors (Lipinski definition) is 4. The molecule has 0 aliphatic rings. The molecule has 0 spiro atoms. The first-order valence-electron chi connectivity index (χ1n) is 6.09. The van der Waals surface area contributed by atoms with E-state index in [-0.39, 0.29) is 6.61 Å². The zero-order valence-corrected chi connectivity index (χ0v) is 11.6. The lowest BCUT2D eigenvalue weighted by molar-refractivity contribution is 0.118. The Labute approximate surface area is 114 Å². The van der Waals surface area contributed by atoms with E-state index >= 15 is 0 Å². The maximum atomic E-state index is 8.98. The zero-order chi connectivity index (χ0) is 13.2. The summed E-state index contributed by atoms with van der Waals surface area (Å²) in [4.78, 5) is 0.695. The Hall–Kier alpha value is -0.970. The second-order valence-electron chi connectivity index (χ2n) is 3.98. The minimum atomic E-state index is -0.0237. The number of nitrogens with one attached hydrogen (secondary N) is 1. The van der Waals surface area contributed by atoms with Crippen molar-refractivity contribution in [2.45, 2.75) is 19.4 Å². The van der Waals surface area contributed by atoms with Crippen LogP contribution in [0.5, 0.6) is 0 Å². The zero-order valence-electron chi connectivity index (χ0n) is 10.7. The maximum Gasteiger partial charge on any atom is 0.0755 e. The van der Waals surface area contributed by atoms with Gasteiger partial charge in [0.25, 0.3) is 0 Å². The van der Waals surface area contributed by atoms with Crippen LogP contribution in [0.4, 0.5) is 0 Å². The van der Waals surface area contributed by atoms with Crippen molar-refractivity contribution in [1.82, 2.24) is 5.32 Å². The Morgan fingerprint density at radius 2 is 2.06 bits per heavy atom. The number of rotatable bonds is 8. The summed E-state index contributed by atoms with van der Waals surface area (Å²) in [6.45, 7) is 1.32. The molecule has 0 fully saturated rings. The fourth-order valence-corrected chi connectivity index (χ4v) is 1.85. The second-order valence-corrected chi connectivity index (χ2v) is 4.51. The Balaban J connectivity index is 2.19. The summed E-state index contributed by atoms with van der Waals surface area (Å²) in [5.41, 5.74) is 2.16. The van der Waals surface area contributed by atoms with Crippen LogP contribution in [-0.4, -0.2) is 25.4 Å². The molecule has 18 heavy (non-hydrogen) atoms. The highest BCUT2D eigenvalue weighted by Gasteiger charge is 2.00. The van der Waals surface area contributed by atoms with Crippen LogP contribution < -0.4 is 5.32 Å². The molecule has 4 heteroatoms. The first kappa shape index (κ1) is 15.1. The highest BCUT2D eigenvalue weighted by atomic mass is 32.1. The van der Waals surface area contributed by atoms with Crippen LogP contribution in [0, 0.1) is 0 Å². The molecule has 0 aliphatic carbocycles. The molecule has 100 valence electrons. The van der Waals surface area contributed by atoms with Gasteiger partial charge in [0, 0.05) is 24.3 Å². The summed E-state index contributed by atoms with van der Waals surface area (Å²) in [5.74, 6) is 0. The van der Waals surface area contributed by atoms with E-state index in [1.807, 2.05) is 25.2 Å². The van der Waals surface area contributed by atoms with Gasteiger partial charge in [-0.1, -0.05) is 30.3 Å². The number of hydrogen-bond donors (Lipinski definition) is 3. The summed E-state index contributed by atoms with van der Waals surface area (Å²) in [6, 6.07) is 10.1. The van der Waals surface area contributed by atoms with Gasteiger partial charge in [-0.05, 0) is 18.4 Å². The van der Waals surface area contributed by atoms with Crippen molar-refractivity contribution in [1.29, 1.82) is 0 Å². The predicted molar refractivity (Wildman–Crippen MR) is 77.5 cm³/mol. The molecule has 1 aromatic rings. The first-order valence-corrected chi connectivity index (χ1v) is 6.54. The normalized spacial score (nSPS) is 12.2. The van der Waals surface area contributed by atoms with Gasteiger partial charge in [0.15, 0.2) is 0 Å². The van der Waals surface area contributed by atoms with E-state index in [4.69, 9.17) is 9.84 Å². The van der Waals surface area contributed by atoms with Crippen LogP contribution in [-0.2, 0) is 11.3 Å². The van der Waals surface area contributed by atoms with Crippen molar-refractivity contribution < 1.29 is 9.84 Å². The molecule has 0 amide bonds. The van der Waals surface area contributed by atoms with Gasteiger partial charge in [0.1, 0.15) is 0 Å². The molecule has 2 N–H and O–H groups in total. The average Bonchev–Trinajstić information content (AvgIpc) is 2.43. The third-order valence-electron chi connectivity index (χ3n) is 2.63. The lowest BCUT2D eigenvalue weighted by atomic mass is 10.2. The number of aliphatic hydroxyl groups excluding tert-OH is 1. The molecular formula is C14H21NO2S. The smallest absolute Gasteiger partial charge is 0.0755 e. The monoisotopic (exact) mass is 267 g/mol. The Bertz CT molecular complexity index is 365. The first-order chi connectivity index (χ1) is 8.77. The second kappa shape index (κ2) is 9.03. The van der Waals surface area contributed by atoms with Gasteiger partial charge in [0.05, 0.1) is 13.2 Å². The third kappa shape index (κ3) is 5.58. The van der Waals surface area contributed by atoms with Crippen LogP contribution in [0.25, 0.3) is 0 Å². The number of benzene rings is 1. The topological polar surface area (TPSA) is 41.5 Å². The molecule has 0 radical (unpaired) electrons. The fraction of sp³-hybridized carbons (Fsp3) is 0.429. The fourth-order valence-electron chi connectivity index (χ4n) is 1.62. The molecular weight excluding hydrogens is 246 g/mol. The summed E-state index contributed by atoms with van der Waals surface area (Å²) in [6.07, 6.45) is 1.75. The average molecular weight is 267 g/mol. The molecule has 0 saturated carbocycles. The van der Waals surface area contributed by atoms with Crippen LogP contribution >= 0.6 is 12.6 Å². The van der Waals surface area contributed by atoms with Gasteiger partial charge in [-0.3, -0.25) is 0 Å². The van der Waals surface area contributed by atoms with Crippen molar-refractivity contribution in [3.63, 3.8) is 0 Å². The summed E-state index contributed by atoms with van der Waals surface area (Å²) >= 11 is 4.21. The Kier molecular flexibility index (Phi) is 7.57. The van der Waals surface area contributed by atoms with Crippen LogP contribution in [0.3, 0.4) is 0 Å². The minimum absolute atomic E-state index is 0.0237. The standard InChI is InChI=1S/C14H21NO2S/c1-15-13(14(18)10-16)8-5-9-17-11-12-6-3-2-4-7-12/h2-4,6-7,15-16,18H,5,8-11H2,1H3/b14-13-. The Morgan fingerprint density at radius 3 is 2.67 bits per heavy atom. The number of thiol groups is 1. The maximum absolute atomic E-state index is 8.98. The molecule has 0 atom stereocenters. The third-order valence-corrected chi connectivity index (χ3v) is 3.04. The predicted octanol–water partition coefficient (Wildman–Crippen LogP) is 2.34. The molecule has 0 saturated heterocycles. The number of ether oxygens (including phenoxy) is 1. The van der Waals surface area contributed by atoms with E-state index in [0.717, 1.165) is 18.5 Å². The molecule has 3 nitrogen and oxygen atoms in total. The van der Waals surface area contributed by atoms with Crippen molar-refractivity contribution in [2.75, 3.05) is 20.3 Å². The molecule has 0 heterocycles. The van der Waals surface area contributed by atoms with Gasteiger partial charge in [-0.15, -0.1) is 12.6 Å². The van der Waals surface area contributed by atoms with Gasteiger partial charge >= 0.3 is 0 Å². The minimum Gasteiger partial charge on any atom is -0.391 e. The summed E-state index contributed by atoms with van der Waals surface area (Å²) in [5, 5.41) is 12.0. The van der Waals surface area contributed by atoms with E-state index in [0.29, 0.717) is 18.1 Å². The highest BCUT2D eigenvalue weighted by Crippen LogP contribution is 2.11. The van der Waals surface area contributed by atoms with Crippen molar-refractivity contribution >= 4 is 12.6 Å². The molecule has 1 rings (SSSR count). The van der Waals surface area contributed by atoms with Crippen molar-refractivity contribution in [3.8, 4) is 0 Å². The van der Waals surface area contributed by atoms with Gasteiger partial charge < -0.3 is 15.2 Å². The quantitative estimate of drug-likeness (QED) is 0.500. The highest BCUT2D eigenvalue weighted by molar-refractivity contribution is 7.84. The van der Waals surface area contributed by atoms with Crippen molar-refractivity contribution in [2.24, 2.45) is 0 Å². The molecule has 1 aromatic carbocycles. The number of allylic oxidation sites excluding steroid dienone is 1. The summed E-state index contributed by atoms with van der Waals surface area (Å²) in [7, 11) is 1.84. The van der Waals surface area contributed by atoms with Crippen LogP contribution in [0.1, 0.15) is 18.4 Å². The SMILES string of the molecule is CN/C(CCCOCc1ccccc1)=C(\S)CO. The molecule has 0 bridgehead atoms. The summed E-state index contributed by atoms with van der Waals surface area (Å²) < 4.78 is 5.59. The lowest BCUT2D eigenvalue weighted by Gasteiger charge is -2.10.